The van der Waals surface area contributed by atoms with Crippen molar-refractivity contribution >= 4 is 29.0 Å². The number of halogens is 1. The van der Waals surface area contributed by atoms with E-state index in [4.69, 9.17) is 11.6 Å². The third-order valence-corrected chi connectivity index (χ3v) is 6.31. The highest BCUT2D eigenvalue weighted by Gasteiger charge is 2.30. The second-order valence-electron chi connectivity index (χ2n) is 8.46. The summed E-state index contributed by atoms with van der Waals surface area (Å²) < 4.78 is 0. The standard InChI is InChI=1S/C25H27ClN4O3/c26-21-10-9-19(15-20(21)23(31)28-17-25(33)12-5-2-6-13-25)30(16-18-7-3-1-4-8-18)22-11-14-27-24(32)29-22/h1,3-4,7-11,14-15,33H,2,5-6,12-13,16-17H2,(H,28,31)(H,27,29,32). The summed E-state index contributed by atoms with van der Waals surface area (Å²) in [5.74, 6) is 0.104. The molecule has 172 valence electrons. The molecule has 33 heavy (non-hydrogen) atoms. The molecule has 8 heteroatoms. The first-order chi connectivity index (χ1) is 15.9. The Balaban J connectivity index is 1.62. The Morgan fingerprint density at radius 3 is 2.61 bits per heavy atom. The van der Waals surface area contributed by atoms with E-state index in [0.29, 0.717) is 41.5 Å². The van der Waals surface area contributed by atoms with Gasteiger partial charge in [-0.25, -0.2) is 4.79 Å². The first-order valence-electron chi connectivity index (χ1n) is 11.1. The van der Waals surface area contributed by atoms with Gasteiger partial charge in [-0.05, 0) is 42.7 Å². The minimum atomic E-state index is -0.869. The van der Waals surface area contributed by atoms with E-state index in [0.717, 1.165) is 24.8 Å². The van der Waals surface area contributed by atoms with Crippen LogP contribution in [0.2, 0.25) is 5.02 Å². The molecule has 0 saturated heterocycles. The minimum absolute atomic E-state index is 0.190. The van der Waals surface area contributed by atoms with E-state index in [1.807, 2.05) is 35.2 Å². The van der Waals surface area contributed by atoms with Crippen LogP contribution in [0.15, 0.2) is 65.6 Å². The van der Waals surface area contributed by atoms with Crippen LogP contribution in [0.5, 0.6) is 0 Å². The van der Waals surface area contributed by atoms with Gasteiger partial charge in [0.25, 0.3) is 5.91 Å². The number of benzene rings is 2. The molecule has 2 aromatic carbocycles. The molecule has 3 N–H and O–H groups in total. The largest absolute Gasteiger partial charge is 0.388 e. The fourth-order valence-electron chi connectivity index (χ4n) is 4.16. The average molecular weight is 467 g/mol. The molecule has 0 spiro atoms. The van der Waals surface area contributed by atoms with Gasteiger partial charge in [0.15, 0.2) is 0 Å². The Kier molecular flexibility index (Phi) is 7.11. The zero-order valence-corrected chi connectivity index (χ0v) is 19.0. The molecular weight excluding hydrogens is 440 g/mol. The highest BCUT2D eigenvalue weighted by atomic mass is 35.5. The Morgan fingerprint density at radius 1 is 1.12 bits per heavy atom. The normalized spacial score (nSPS) is 15.1. The first-order valence-corrected chi connectivity index (χ1v) is 11.5. The lowest BCUT2D eigenvalue weighted by Gasteiger charge is -2.32. The molecule has 0 aliphatic heterocycles. The Morgan fingerprint density at radius 2 is 1.88 bits per heavy atom. The molecule has 3 aromatic rings. The van der Waals surface area contributed by atoms with Crippen molar-refractivity contribution in [2.24, 2.45) is 0 Å². The molecule has 1 heterocycles. The van der Waals surface area contributed by atoms with Crippen molar-refractivity contribution in [2.45, 2.75) is 44.2 Å². The van der Waals surface area contributed by atoms with Crippen molar-refractivity contribution in [1.82, 2.24) is 15.3 Å². The molecule has 4 rings (SSSR count). The van der Waals surface area contributed by atoms with Gasteiger partial charge in [-0.15, -0.1) is 0 Å². The van der Waals surface area contributed by atoms with E-state index >= 15 is 0 Å². The van der Waals surface area contributed by atoms with E-state index in [1.54, 1.807) is 24.3 Å². The van der Waals surface area contributed by atoms with Gasteiger partial charge >= 0.3 is 5.69 Å². The molecule has 1 aliphatic rings. The highest BCUT2D eigenvalue weighted by molar-refractivity contribution is 6.34. The number of H-pyrrole nitrogens is 1. The number of carbonyl (C=O) groups is 1. The van der Waals surface area contributed by atoms with Crippen LogP contribution in [0, 0.1) is 0 Å². The molecule has 1 aromatic heterocycles. The lowest BCUT2D eigenvalue weighted by Crippen LogP contribution is -2.44. The van der Waals surface area contributed by atoms with Gasteiger partial charge in [0.1, 0.15) is 5.82 Å². The number of nitrogens with zero attached hydrogens (tertiary/aromatic N) is 2. The number of aromatic nitrogens is 2. The topological polar surface area (TPSA) is 98.3 Å². The van der Waals surface area contributed by atoms with Gasteiger partial charge < -0.3 is 20.3 Å². The van der Waals surface area contributed by atoms with Crippen molar-refractivity contribution in [1.29, 1.82) is 0 Å². The number of carbonyl (C=O) groups excluding carboxylic acids is 1. The van der Waals surface area contributed by atoms with Gasteiger partial charge in [0.2, 0.25) is 0 Å². The Hall–Kier alpha value is -3.16. The van der Waals surface area contributed by atoms with E-state index in [1.165, 1.54) is 6.20 Å². The molecular formula is C25H27ClN4O3. The lowest BCUT2D eigenvalue weighted by atomic mass is 9.85. The molecule has 0 radical (unpaired) electrons. The fourth-order valence-corrected chi connectivity index (χ4v) is 4.37. The maximum Gasteiger partial charge on any atom is 0.346 e. The van der Waals surface area contributed by atoms with Crippen molar-refractivity contribution in [3.63, 3.8) is 0 Å². The molecule has 1 saturated carbocycles. The number of aliphatic hydroxyl groups is 1. The van der Waals surface area contributed by atoms with E-state index in [-0.39, 0.29) is 12.5 Å². The molecule has 0 unspecified atom stereocenters. The second kappa shape index (κ2) is 10.2. The molecule has 1 amide bonds. The summed E-state index contributed by atoms with van der Waals surface area (Å²) in [4.78, 5) is 33.3. The van der Waals surface area contributed by atoms with E-state index in [2.05, 4.69) is 15.3 Å². The Labute approximate surface area is 197 Å². The third kappa shape index (κ3) is 5.80. The van der Waals surface area contributed by atoms with Gasteiger partial charge in [-0.3, -0.25) is 4.79 Å². The van der Waals surface area contributed by atoms with E-state index in [9.17, 15) is 14.7 Å². The van der Waals surface area contributed by atoms with Gasteiger partial charge in [-0.2, -0.15) is 4.98 Å². The van der Waals surface area contributed by atoms with Crippen LogP contribution in [0.25, 0.3) is 0 Å². The molecule has 1 fully saturated rings. The third-order valence-electron chi connectivity index (χ3n) is 5.98. The van der Waals surface area contributed by atoms with Crippen LogP contribution < -0.4 is 15.9 Å². The van der Waals surface area contributed by atoms with Crippen LogP contribution in [0.3, 0.4) is 0 Å². The molecule has 0 atom stereocenters. The number of aromatic amines is 1. The van der Waals surface area contributed by atoms with Crippen LogP contribution >= 0.6 is 11.6 Å². The predicted octanol–water partition coefficient (Wildman–Crippen LogP) is 4.19. The number of rotatable bonds is 7. The Bertz CT molecular complexity index is 1160. The second-order valence-corrected chi connectivity index (χ2v) is 8.86. The number of hydrogen-bond donors (Lipinski definition) is 3. The molecule has 0 bridgehead atoms. The van der Waals surface area contributed by atoms with Crippen LogP contribution in [0.4, 0.5) is 11.5 Å². The SMILES string of the molecule is O=C(NCC1(O)CCCCC1)c1cc(N(Cc2ccccc2)c2cc[nH]c(=O)n2)ccc1Cl. The monoisotopic (exact) mass is 466 g/mol. The summed E-state index contributed by atoms with van der Waals surface area (Å²) in [6.45, 7) is 0.634. The summed E-state index contributed by atoms with van der Waals surface area (Å²) in [6, 6.07) is 16.6. The van der Waals surface area contributed by atoms with Crippen molar-refractivity contribution in [3.05, 3.63) is 87.4 Å². The minimum Gasteiger partial charge on any atom is -0.388 e. The highest BCUT2D eigenvalue weighted by Crippen LogP contribution is 2.30. The summed E-state index contributed by atoms with van der Waals surface area (Å²) in [7, 11) is 0. The first kappa shape index (κ1) is 23.0. The molecule has 7 nitrogen and oxygen atoms in total. The van der Waals surface area contributed by atoms with Crippen LogP contribution in [-0.4, -0.2) is 33.1 Å². The van der Waals surface area contributed by atoms with Crippen molar-refractivity contribution in [3.8, 4) is 0 Å². The van der Waals surface area contributed by atoms with Crippen molar-refractivity contribution < 1.29 is 9.90 Å². The fraction of sp³-hybridized carbons (Fsp3) is 0.320. The van der Waals surface area contributed by atoms with Gasteiger partial charge in [0, 0.05) is 25.0 Å². The number of nitrogens with one attached hydrogen (secondary N) is 2. The van der Waals surface area contributed by atoms with Gasteiger partial charge in [-0.1, -0.05) is 61.2 Å². The summed E-state index contributed by atoms with van der Waals surface area (Å²) in [5, 5.41) is 13.9. The summed E-state index contributed by atoms with van der Waals surface area (Å²) in [6.07, 6.45) is 5.93. The quantitative estimate of drug-likeness (QED) is 0.485. The number of amides is 1. The zero-order valence-electron chi connectivity index (χ0n) is 18.3. The van der Waals surface area contributed by atoms with E-state index < -0.39 is 11.3 Å². The average Bonchev–Trinajstić information content (AvgIpc) is 2.83. The van der Waals surface area contributed by atoms with Crippen LogP contribution in [0.1, 0.15) is 48.0 Å². The maximum absolute atomic E-state index is 13.0. The van der Waals surface area contributed by atoms with Gasteiger partial charge in [0.05, 0.1) is 16.2 Å². The maximum atomic E-state index is 13.0. The lowest BCUT2D eigenvalue weighted by molar-refractivity contribution is 0.00526. The molecule has 1 aliphatic carbocycles. The van der Waals surface area contributed by atoms with Crippen LogP contribution in [-0.2, 0) is 6.54 Å². The summed E-state index contributed by atoms with van der Waals surface area (Å²) in [5.41, 5.74) is 0.657. The zero-order chi connectivity index (χ0) is 23.3. The summed E-state index contributed by atoms with van der Waals surface area (Å²) >= 11 is 6.37. The number of anilines is 2. The predicted molar refractivity (Wildman–Crippen MR) is 129 cm³/mol. The van der Waals surface area contributed by atoms with Crippen molar-refractivity contribution in [2.75, 3.05) is 11.4 Å². The smallest absolute Gasteiger partial charge is 0.346 e. The number of hydrogen-bond acceptors (Lipinski definition) is 5.